The largest absolute Gasteiger partial charge is 0.256 e. The molecule has 51 heavy (non-hydrogen) atoms. The van der Waals surface area contributed by atoms with Crippen LogP contribution >= 0.6 is 0 Å². The Kier molecular flexibility index (Phi) is 7.48. The lowest BCUT2D eigenvalue weighted by atomic mass is 9.82. The molecule has 2 aromatic heterocycles. The van der Waals surface area contributed by atoms with Gasteiger partial charge in [0.25, 0.3) is 0 Å². The Labute approximate surface area is 299 Å². The predicted molar refractivity (Wildman–Crippen MR) is 210 cm³/mol. The van der Waals surface area contributed by atoms with E-state index in [1.165, 1.54) is 33.4 Å². The molecular weight excluding hydrogens is 619 g/mol. The summed E-state index contributed by atoms with van der Waals surface area (Å²) in [6.45, 7) is 4.62. The fourth-order valence-electron chi connectivity index (χ4n) is 7.59. The van der Waals surface area contributed by atoms with Gasteiger partial charge in [-0.05, 0) is 74.8 Å². The summed E-state index contributed by atoms with van der Waals surface area (Å²) in [6, 6.07) is 59.9. The van der Waals surface area contributed by atoms with E-state index in [0.717, 1.165) is 50.5 Å². The van der Waals surface area contributed by atoms with Crippen LogP contribution in [0.4, 0.5) is 0 Å². The normalized spacial score (nSPS) is 12.7. The molecule has 8 aromatic rings. The molecule has 0 saturated carbocycles. The summed E-state index contributed by atoms with van der Waals surface area (Å²) < 4.78 is 0. The maximum Gasteiger partial charge on any atom is 0.160 e. The molecular formula is C48H35N3. The predicted octanol–water partition coefficient (Wildman–Crippen LogP) is 12.2. The Morgan fingerprint density at radius 1 is 0.373 bits per heavy atom. The van der Waals surface area contributed by atoms with Gasteiger partial charge in [0.15, 0.2) is 5.82 Å². The molecule has 0 fully saturated rings. The highest BCUT2D eigenvalue weighted by molar-refractivity contribution is 5.90. The second-order valence-corrected chi connectivity index (χ2v) is 13.7. The van der Waals surface area contributed by atoms with E-state index < -0.39 is 0 Å². The zero-order valence-corrected chi connectivity index (χ0v) is 28.6. The van der Waals surface area contributed by atoms with Crippen molar-refractivity contribution in [2.45, 2.75) is 19.3 Å². The van der Waals surface area contributed by atoms with Crippen molar-refractivity contribution in [3.05, 3.63) is 187 Å². The van der Waals surface area contributed by atoms with Crippen LogP contribution in [0.3, 0.4) is 0 Å². The first kappa shape index (κ1) is 30.6. The van der Waals surface area contributed by atoms with Crippen LogP contribution in [0.5, 0.6) is 0 Å². The topological polar surface area (TPSA) is 38.7 Å². The Balaban J connectivity index is 1.22. The van der Waals surface area contributed by atoms with E-state index in [1.54, 1.807) is 0 Å². The smallest absolute Gasteiger partial charge is 0.160 e. The monoisotopic (exact) mass is 653 g/mol. The molecule has 0 bridgehead atoms. The molecule has 0 aliphatic heterocycles. The zero-order valence-electron chi connectivity index (χ0n) is 28.6. The van der Waals surface area contributed by atoms with Crippen LogP contribution < -0.4 is 0 Å². The molecule has 9 rings (SSSR count). The van der Waals surface area contributed by atoms with E-state index in [9.17, 15) is 0 Å². The van der Waals surface area contributed by atoms with Crippen LogP contribution in [0.15, 0.2) is 176 Å². The number of rotatable bonds is 6. The zero-order chi connectivity index (χ0) is 34.4. The minimum atomic E-state index is -0.0573. The van der Waals surface area contributed by atoms with Gasteiger partial charge in [0, 0.05) is 33.9 Å². The first-order valence-electron chi connectivity index (χ1n) is 17.4. The molecule has 0 N–H and O–H groups in total. The molecule has 0 unspecified atom stereocenters. The lowest BCUT2D eigenvalue weighted by molar-refractivity contribution is 0.660. The average Bonchev–Trinajstić information content (AvgIpc) is 3.44. The summed E-state index contributed by atoms with van der Waals surface area (Å²) in [7, 11) is 0. The molecule has 1 aliphatic rings. The summed E-state index contributed by atoms with van der Waals surface area (Å²) in [5, 5.41) is 0. The fraction of sp³-hybridized carbons (Fsp3) is 0.0625. The van der Waals surface area contributed by atoms with Crippen molar-refractivity contribution in [2.75, 3.05) is 0 Å². The van der Waals surface area contributed by atoms with Gasteiger partial charge in [-0.3, -0.25) is 4.98 Å². The Hall–Kier alpha value is -6.45. The van der Waals surface area contributed by atoms with Gasteiger partial charge < -0.3 is 0 Å². The van der Waals surface area contributed by atoms with E-state index in [0.29, 0.717) is 5.82 Å². The third kappa shape index (κ3) is 5.44. The summed E-state index contributed by atoms with van der Waals surface area (Å²) in [5.74, 6) is 0.677. The third-order valence-electron chi connectivity index (χ3n) is 10.2. The summed E-state index contributed by atoms with van der Waals surface area (Å²) >= 11 is 0. The van der Waals surface area contributed by atoms with Crippen LogP contribution in [0.25, 0.3) is 78.5 Å². The fourth-order valence-corrected chi connectivity index (χ4v) is 7.59. The molecule has 2 heterocycles. The minimum absolute atomic E-state index is 0.0573. The Morgan fingerprint density at radius 3 is 1.69 bits per heavy atom. The van der Waals surface area contributed by atoms with E-state index in [4.69, 9.17) is 15.0 Å². The molecule has 3 nitrogen and oxygen atoms in total. The van der Waals surface area contributed by atoms with Gasteiger partial charge in [0.2, 0.25) is 0 Å². The van der Waals surface area contributed by atoms with Gasteiger partial charge in [-0.1, -0.05) is 153 Å². The highest BCUT2D eigenvalue weighted by Gasteiger charge is 2.35. The number of fused-ring (bicyclic) bond motifs is 3. The van der Waals surface area contributed by atoms with Crippen LogP contribution in [-0.2, 0) is 5.41 Å². The molecule has 0 atom stereocenters. The number of hydrogen-bond acceptors (Lipinski definition) is 3. The maximum absolute atomic E-state index is 5.21. The maximum atomic E-state index is 5.21. The van der Waals surface area contributed by atoms with E-state index in [1.807, 2.05) is 30.5 Å². The molecule has 1 aliphatic carbocycles. The first-order chi connectivity index (χ1) is 25.0. The van der Waals surface area contributed by atoms with Crippen LogP contribution in [0.2, 0.25) is 0 Å². The van der Waals surface area contributed by atoms with Gasteiger partial charge in [0.05, 0.1) is 17.1 Å². The number of nitrogens with zero attached hydrogens (tertiary/aromatic N) is 3. The number of aromatic nitrogens is 3. The van der Waals surface area contributed by atoms with Crippen molar-refractivity contribution in [2.24, 2.45) is 0 Å². The number of pyridine rings is 1. The molecule has 0 saturated heterocycles. The van der Waals surface area contributed by atoms with Gasteiger partial charge in [-0.25, -0.2) is 9.97 Å². The summed E-state index contributed by atoms with van der Waals surface area (Å²) in [4.78, 5) is 15.4. The second-order valence-electron chi connectivity index (χ2n) is 13.7. The van der Waals surface area contributed by atoms with Gasteiger partial charge in [-0.2, -0.15) is 0 Å². The van der Waals surface area contributed by atoms with Crippen molar-refractivity contribution >= 4 is 0 Å². The van der Waals surface area contributed by atoms with Gasteiger partial charge >= 0.3 is 0 Å². The standard InChI is InChI=1S/C48H35N3/c1-48(2)42-23-13-12-21-38(42)41-30-36(25-27-43(41)48)46-39(22-14-28-49-46)45-31-44(50-47(51-45)34-19-10-5-11-20-34)35-24-26-37(32-15-6-3-7-16-32)40(29-35)33-17-8-4-9-18-33/h3-31H,1-2H3. The molecule has 3 heteroatoms. The molecule has 0 amide bonds. The molecule has 6 aromatic carbocycles. The van der Waals surface area contributed by atoms with E-state index >= 15 is 0 Å². The Morgan fingerprint density at radius 2 is 0.941 bits per heavy atom. The number of hydrogen-bond donors (Lipinski definition) is 0. The van der Waals surface area contributed by atoms with Crippen molar-refractivity contribution in [1.29, 1.82) is 0 Å². The van der Waals surface area contributed by atoms with Gasteiger partial charge in [-0.15, -0.1) is 0 Å². The highest BCUT2D eigenvalue weighted by atomic mass is 14.9. The van der Waals surface area contributed by atoms with Crippen LogP contribution in [0.1, 0.15) is 25.0 Å². The molecule has 0 spiro atoms. The lowest BCUT2D eigenvalue weighted by Crippen LogP contribution is -2.14. The van der Waals surface area contributed by atoms with Crippen LogP contribution in [-0.4, -0.2) is 15.0 Å². The summed E-state index contributed by atoms with van der Waals surface area (Å²) in [5.41, 5.74) is 16.5. The van der Waals surface area contributed by atoms with Crippen LogP contribution in [0, 0.1) is 0 Å². The van der Waals surface area contributed by atoms with E-state index in [2.05, 4.69) is 159 Å². The van der Waals surface area contributed by atoms with E-state index in [-0.39, 0.29) is 5.41 Å². The Bertz CT molecular complexity index is 2540. The lowest BCUT2D eigenvalue weighted by Gasteiger charge is -2.21. The molecule has 0 radical (unpaired) electrons. The SMILES string of the molecule is CC1(C)c2ccccc2-c2cc(-c3ncccc3-c3cc(-c4ccc(-c5ccccc5)c(-c5ccccc5)c4)nc(-c4ccccc4)n3)ccc21. The van der Waals surface area contributed by atoms with Gasteiger partial charge in [0.1, 0.15) is 0 Å². The van der Waals surface area contributed by atoms with Crippen molar-refractivity contribution in [3.63, 3.8) is 0 Å². The number of benzene rings is 6. The van der Waals surface area contributed by atoms with Crippen molar-refractivity contribution in [1.82, 2.24) is 15.0 Å². The quantitative estimate of drug-likeness (QED) is 0.179. The average molecular weight is 654 g/mol. The van der Waals surface area contributed by atoms with Crippen molar-refractivity contribution in [3.8, 4) is 78.5 Å². The first-order valence-corrected chi connectivity index (χ1v) is 17.4. The molecule has 242 valence electrons. The second kappa shape index (κ2) is 12.5. The highest BCUT2D eigenvalue weighted by Crippen LogP contribution is 2.50. The third-order valence-corrected chi connectivity index (χ3v) is 10.2. The minimum Gasteiger partial charge on any atom is -0.256 e. The summed E-state index contributed by atoms with van der Waals surface area (Å²) in [6.07, 6.45) is 1.87. The van der Waals surface area contributed by atoms with Crippen molar-refractivity contribution < 1.29 is 0 Å².